The van der Waals surface area contributed by atoms with E-state index < -0.39 is 5.41 Å². The number of aromatic nitrogens is 2. The fraction of sp³-hybridized carbons (Fsp3) is 0.393. The molecule has 8 nitrogen and oxygen atoms in total. The van der Waals surface area contributed by atoms with Crippen LogP contribution in [0.4, 0.5) is 23.0 Å². The molecule has 1 saturated heterocycles. The molecule has 2 aliphatic heterocycles. The zero-order valence-corrected chi connectivity index (χ0v) is 22.5. The van der Waals surface area contributed by atoms with Crippen LogP contribution >= 0.6 is 11.6 Å². The van der Waals surface area contributed by atoms with Gasteiger partial charge >= 0.3 is 0 Å². The van der Waals surface area contributed by atoms with Crippen molar-refractivity contribution in [3.63, 3.8) is 0 Å². The van der Waals surface area contributed by atoms with Crippen LogP contribution in [0.1, 0.15) is 30.7 Å². The second kappa shape index (κ2) is 10.2. The zero-order chi connectivity index (χ0) is 26.2. The molecule has 0 unspecified atom stereocenters. The number of fused-ring (bicyclic) bond motifs is 1. The molecular weight excluding hydrogens is 488 g/mol. The molecule has 3 aromatic rings. The molecule has 0 saturated carbocycles. The van der Waals surface area contributed by atoms with Crippen molar-refractivity contribution >= 4 is 40.5 Å². The molecular formula is C28H33ClN6O2. The van der Waals surface area contributed by atoms with Gasteiger partial charge in [-0.15, -0.1) is 0 Å². The number of nitrogens with zero attached hydrogens (tertiary/aromatic N) is 4. The van der Waals surface area contributed by atoms with E-state index in [-0.39, 0.29) is 5.91 Å². The van der Waals surface area contributed by atoms with Crippen LogP contribution in [0.15, 0.2) is 42.6 Å². The monoisotopic (exact) mass is 520 g/mol. The maximum Gasteiger partial charge on any atom is 0.234 e. The Morgan fingerprint density at radius 3 is 2.68 bits per heavy atom. The maximum absolute atomic E-state index is 12.5. The van der Waals surface area contributed by atoms with Crippen LogP contribution in [0, 0.1) is 0 Å². The van der Waals surface area contributed by atoms with Crippen molar-refractivity contribution in [1.29, 1.82) is 0 Å². The predicted molar refractivity (Wildman–Crippen MR) is 149 cm³/mol. The largest absolute Gasteiger partial charge is 0.494 e. The zero-order valence-electron chi connectivity index (χ0n) is 21.8. The molecule has 0 aliphatic carbocycles. The summed E-state index contributed by atoms with van der Waals surface area (Å²) in [4.78, 5) is 26.3. The predicted octanol–water partition coefficient (Wildman–Crippen LogP) is 4.65. The summed E-state index contributed by atoms with van der Waals surface area (Å²) < 4.78 is 5.69. The van der Waals surface area contributed by atoms with E-state index in [9.17, 15) is 4.79 Å². The number of aryl methyl sites for hydroxylation is 2. The first kappa shape index (κ1) is 25.3. The number of rotatable bonds is 7. The number of carbonyl (C=O) groups excluding carboxylic acids is 1. The molecule has 194 valence electrons. The second-order valence-corrected chi connectivity index (χ2v) is 10.6. The number of halogens is 1. The smallest absolute Gasteiger partial charge is 0.234 e. The lowest BCUT2D eigenvalue weighted by atomic mass is 9.82. The van der Waals surface area contributed by atoms with E-state index in [1.54, 1.807) is 13.3 Å². The molecule has 2 aromatic carbocycles. The molecule has 1 amide bonds. The van der Waals surface area contributed by atoms with Gasteiger partial charge in [-0.3, -0.25) is 4.79 Å². The fourth-order valence-electron chi connectivity index (χ4n) is 5.10. The minimum atomic E-state index is -0.569. The van der Waals surface area contributed by atoms with E-state index in [1.165, 1.54) is 0 Å². The van der Waals surface area contributed by atoms with Crippen molar-refractivity contribution in [1.82, 2.24) is 14.9 Å². The number of anilines is 4. The number of benzene rings is 2. The molecule has 1 fully saturated rings. The summed E-state index contributed by atoms with van der Waals surface area (Å²) in [5.74, 6) is 1.21. The molecule has 1 aromatic heterocycles. The Morgan fingerprint density at radius 1 is 1.14 bits per heavy atom. The first-order valence-electron chi connectivity index (χ1n) is 12.6. The van der Waals surface area contributed by atoms with Crippen LogP contribution in [0.5, 0.6) is 5.75 Å². The first-order chi connectivity index (χ1) is 17.8. The van der Waals surface area contributed by atoms with Crippen molar-refractivity contribution in [2.75, 3.05) is 55.9 Å². The van der Waals surface area contributed by atoms with Crippen molar-refractivity contribution in [3.05, 3.63) is 64.4 Å². The molecule has 9 heteroatoms. The highest BCUT2D eigenvalue weighted by molar-refractivity contribution is 6.31. The maximum atomic E-state index is 12.5. The summed E-state index contributed by atoms with van der Waals surface area (Å²) in [7, 11) is 3.82. The highest BCUT2D eigenvalue weighted by atomic mass is 35.5. The van der Waals surface area contributed by atoms with E-state index >= 15 is 0 Å². The summed E-state index contributed by atoms with van der Waals surface area (Å²) in [6, 6.07) is 12.2. The van der Waals surface area contributed by atoms with Crippen molar-refractivity contribution in [3.8, 4) is 5.75 Å². The Kier molecular flexibility index (Phi) is 6.96. The van der Waals surface area contributed by atoms with Gasteiger partial charge in [-0.1, -0.05) is 23.7 Å². The lowest BCUT2D eigenvalue weighted by molar-refractivity contribution is -0.119. The molecule has 0 radical (unpaired) electrons. The van der Waals surface area contributed by atoms with Gasteiger partial charge in [0, 0.05) is 43.6 Å². The van der Waals surface area contributed by atoms with Crippen molar-refractivity contribution in [2.45, 2.75) is 32.1 Å². The van der Waals surface area contributed by atoms with Gasteiger partial charge in [0.1, 0.15) is 5.75 Å². The normalized spacial score (nSPS) is 16.9. The SMILES string of the molecule is COc1cc(N2CCN(C)CC2)ccc1Nc1ncc(Cl)c(CCc2cccc3c2C(C)(C)C(=O)N3)n1. The molecule has 37 heavy (non-hydrogen) atoms. The third-order valence-electron chi connectivity index (χ3n) is 7.34. The number of ether oxygens (including phenoxy) is 1. The molecule has 0 spiro atoms. The van der Waals surface area contributed by atoms with E-state index in [2.05, 4.69) is 50.7 Å². The number of nitrogens with one attached hydrogen (secondary N) is 2. The van der Waals surface area contributed by atoms with Gasteiger partial charge in [0.25, 0.3) is 0 Å². The molecule has 0 bridgehead atoms. The van der Waals surface area contributed by atoms with E-state index in [0.717, 1.165) is 65.8 Å². The van der Waals surface area contributed by atoms with Gasteiger partial charge in [0.05, 0.1) is 35.1 Å². The van der Waals surface area contributed by atoms with Gasteiger partial charge in [-0.2, -0.15) is 0 Å². The van der Waals surface area contributed by atoms with Crippen LogP contribution in [-0.2, 0) is 23.1 Å². The Hall–Kier alpha value is -3.36. The van der Waals surface area contributed by atoms with Gasteiger partial charge in [-0.05, 0) is 63.1 Å². The molecule has 0 atom stereocenters. The molecule has 2 aliphatic rings. The average molecular weight is 521 g/mol. The summed E-state index contributed by atoms with van der Waals surface area (Å²) in [6.45, 7) is 7.98. The minimum absolute atomic E-state index is 0.0223. The van der Waals surface area contributed by atoms with Crippen LogP contribution in [0.25, 0.3) is 0 Å². The van der Waals surface area contributed by atoms with Gasteiger partial charge in [0.15, 0.2) is 0 Å². The third kappa shape index (κ3) is 5.08. The number of amides is 1. The minimum Gasteiger partial charge on any atom is -0.494 e. The van der Waals surface area contributed by atoms with Gasteiger partial charge < -0.3 is 25.2 Å². The van der Waals surface area contributed by atoms with E-state index in [0.29, 0.717) is 23.8 Å². The molecule has 5 rings (SSSR count). The lowest BCUT2D eigenvalue weighted by Crippen LogP contribution is -2.44. The second-order valence-electron chi connectivity index (χ2n) is 10.2. The molecule has 3 heterocycles. The van der Waals surface area contributed by atoms with Crippen molar-refractivity contribution < 1.29 is 9.53 Å². The van der Waals surface area contributed by atoms with E-state index in [4.69, 9.17) is 21.3 Å². The van der Waals surface area contributed by atoms with Crippen LogP contribution in [0.3, 0.4) is 0 Å². The Labute approximate surface area is 223 Å². The van der Waals surface area contributed by atoms with Gasteiger partial charge in [0.2, 0.25) is 11.9 Å². The van der Waals surface area contributed by atoms with Crippen LogP contribution < -0.4 is 20.3 Å². The Bertz CT molecular complexity index is 1320. The number of likely N-dealkylation sites (N-methyl/N-ethyl adjacent to an activating group) is 1. The third-order valence-corrected chi connectivity index (χ3v) is 7.66. The number of methoxy groups -OCH3 is 1. The van der Waals surface area contributed by atoms with Crippen LogP contribution in [-0.4, -0.2) is 61.1 Å². The summed E-state index contributed by atoms with van der Waals surface area (Å²) in [5.41, 5.74) is 5.16. The number of hydrogen-bond donors (Lipinski definition) is 2. The topological polar surface area (TPSA) is 82.6 Å². The lowest BCUT2D eigenvalue weighted by Gasteiger charge is -2.34. The number of piperazine rings is 1. The Morgan fingerprint density at radius 2 is 1.92 bits per heavy atom. The first-order valence-corrected chi connectivity index (χ1v) is 13.0. The van der Waals surface area contributed by atoms with Gasteiger partial charge in [-0.25, -0.2) is 9.97 Å². The number of hydrogen-bond acceptors (Lipinski definition) is 7. The fourth-order valence-corrected chi connectivity index (χ4v) is 5.28. The molecule has 2 N–H and O–H groups in total. The summed E-state index contributed by atoms with van der Waals surface area (Å²) in [5, 5.41) is 6.81. The number of carbonyl (C=O) groups is 1. The highest BCUT2D eigenvalue weighted by Gasteiger charge is 2.39. The average Bonchev–Trinajstić information content (AvgIpc) is 3.13. The van der Waals surface area contributed by atoms with Crippen molar-refractivity contribution in [2.24, 2.45) is 0 Å². The summed E-state index contributed by atoms with van der Waals surface area (Å²) >= 11 is 6.48. The highest BCUT2D eigenvalue weighted by Crippen LogP contribution is 2.40. The summed E-state index contributed by atoms with van der Waals surface area (Å²) in [6.07, 6.45) is 2.96. The van der Waals surface area contributed by atoms with Crippen LogP contribution in [0.2, 0.25) is 5.02 Å². The van der Waals surface area contributed by atoms with E-state index in [1.807, 2.05) is 32.0 Å². The quantitative estimate of drug-likeness (QED) is 0.469. The Balaban J connectivity index is 1.32. The standard InChI is InChI=1S/C28H33ClN6O2/c1-28(2)25-18(6-5-7-23(25)31-26(28)36)8-10-21-20(29)17-30-27(32-21)33-22-11-9-19(16-24(22)37-4)35-14-12-34(3)13-15-35/h5-7,9,11,16-17H,8,10,12-15H2,1-4H3,(H,31,36)(H,30,32,33).